The van der Waals surface area contributed by atoms with Gasteiger partial charge in [0, 0.05) is 23.7 Å². The average Bonchev–Trinajstić information content (AvgIpc) is 3.08. The molecule has 0 bridgehead atoms. The summed E-state index contributed by atoms with van der Waals surface area (Å²) in [6.07, 6.45) is 0.642. The molecule has 3 rings (SSSR count). The number of nitrogens with zero attached hydrogens (tertiary/aromatic N) is 2. The van der Waals surface area contributed by atoms with Gasteiger partial charge in [-0.3, -0.25) is 4.79 Å². The van der Waals surface area contributed by atoms with Crippen LogP contribution in [0.15, 0.2) is 53.1 Å². The number of carbonyl (C=O) groups excluding carboxylic acids is 1. The van der Waals surface area contributed by atoms with Gasteiger partial charge in [0.25, 0.3) is 5.91 Å². The number of hydrogen-bond donors (Lipinski definition) is 2. The molecule has 0 atom stereocenters. The van der Waals surface area contributed by atoms with Crippen LogP contribution in [-0.4, -0.2) is 22.1 Å². The zero-order valence-corrected chi connectivity index (χ0v) is 15.8. The van der Waals surface area contributed by atoms with Gasteiger partial charge < -0.3 is 15.2 Å². The van der Waals surface area contributed by atoms with Crippen molar-refractivity contribution in [3.05, 3.63) is 76.9 Å². The Balaban J connectivity index is 1.59. The Morgan fingerprint density at radius 2 is 1.93 bits per heavy atom. The first-order valence-corrected chi connectivity index (χ1v) is 9.02. The van der Waals surface area contributed by atoms with Crippen molar-refractivity contribution < 1.29 is 9.32 Å². The lowest BCUT2D eigenvalue weighted by molar-refractivity contribution is 0.0943. The van der Waals surface area contributed by atoms with Gasteiger partial charge in [0.15, 0.2) is 5.82 Å². The fraction of sp³-hybridized carbons (Fsp3) is 0.286. The number of amides is 1. The molecule has 0 fully saturated rings. The minimum Gasteiger partial charge on any atom is -0.376 e. The molecule has 27 heavy (non-hydrogen) atoms. The van der Waals surface area contributed by atoms with Crippen molar-refractivity contribution in [2.45, 2.75) is 39.8 Å². The highest BCUT2D eigenvalue weighted by Crippen LogP contribution is 2.18. The molecule has 3 aromatic rings. The second-order valence-electron chi connectivity index (χ2n) is 6.78. The summed E-state index contributed by atoms with van der Waals surface area (Å²) in [6.45, 7) is 6.28. The molecule has 0 aliphatic carbocycles. The highest BCUT2D eigenvalue weighted by molar-refractivity contribution is 5.95. The van der Waals surface area contributed by atoms with Crippen LogP contribution < -0.4 is 10.6 Å². The molecule has 0 aliphatic rings. The van der Waals surface area contributed by atoms with Crippen LogP contribution >= 0.6 is 0 Å². The van der Waals surface area contributed by atoms with E-state index in [2.05, 4.69) is 20.8 Å². The van der Waals surface area contributed by atoms with Crippen LogP contribution in [0.1, 0.15) is 47.0 Å². The van der Waals surface area contributed by atoms with E-state index in [9.17, 15) is 4.79 Å². The number of aryl methyl sites for hydroxylation is 1. The molecule has 1 heterocycles. The zero-order chi connectivity index (χ0) is 19.2. The van der Waals surface area contributed by atoms with E-state index in [-0.39, 0.29) is 11.9 Å². The summed E-state index contributed by atoms with van der Waals surface area (Å²) in [6, 6.07) is 15.7. The van der Waals surface area contributed by atoms with Gasteiger partial charge in [-0.2, -0.15) is 4.98 Å². The van der Waals surface area contributed by atoms with Crippen molar-refractivity contribution in [2.24, 2.45) is 0 Å². The van der Waals surface area contributed by atoms with Gasteiger partial charge >= 0.3 is 0 Å². The number of rotatable bonds is 7. The summed E-state index contributed by atoms with van der Waals surface area (Å²) >= 11 is 0. The molecular formula is C21H24N4O2. The summed E-state index contributed by atoms with van der Waals surface area (Å²) in [5, 5.41) is 10.2. The SMILES string of the molecule is Cc1cc(C(=O)NC(C)C)ccc1NCc1nc(Cc2ccccc2)no1. The fourth-order valence-corrected chi connectivity index (χ4v) is 2.73. The van der Waals surface area contributed by atoms with E-state index in [4.69, 9.17) is 4.52 Å². The molecule has 6 nitrogen and oxygen atoms in total. The molecule has 2 N–H and O–H groups in total. The lowest BCUT2D eigenvalue weighted by Crippen LogP contribution is -2.30. The standard InChI is InChI=1S/C21H24N4O2/c1-14(2)23-21(26)17-9-10-18(15(3)11-17)22-13-20-24-19(25-27-20)12-16-7-5-4-6-8-16/h4-11,14,22H,12-13H2,1-3H3,(H,23,26). The Labute approximate surface area is 159 Å². The van der Waals surface area contributed by atoms with Gasteiger partial charge in [0.05, 0.1) is 6.54 Å². The molecule has 0 saturated carbocycles. The topological polar surface area (TPSA) is 80.0 Å². The minimum atomic E-state index is -0.0675. The molecule has 0 spiro atoms. The van der Waals surface area contributed by atoms with Gasteiger partial charge in [-0.15, -0.1) is 0 Å². The third kappa shape index (κ3) is 5.17. The molecule has 0 saturated heterocycles. The van der Waals surface area contributed by atoms with Crippen LogP contribution in [0, 0.1) is 6.92 Å². The van der Waals surface area contributed by atoms with Gasteiger partial charge in [0.1, 0.15) is 0 Å². The van der Waals surface area contributed by atoms with E-state index in [1.54, 1.807) is 0 Å². The van der Waals surface area contributed by atoms with Crippen LogP contribution in [0.3, 0.4) is 0 Å². The largest absolute Gasteiger partial charge is 0.376 e. The Morgan fingerprint density at radius 1 is 1.15 bits per heavy atom. The second-order valence-corrected chi connectivity index (χ2v) is 6.78. The number of aromatic nitrogens is 2. The maximum absolute atomic E-state index is 12.1. The van der Waals surface area contributed by atoms with E-state index in [0.29, 0.717) is 30.2 Å². The normalized spacial score (nSPS) is 10.8. The predicted octanol–water partition coefficient (Wildman–Crippen LogP) is 3.72. The number of hydrogen-bond acceptors (Lipinski definition) is 5. The van der Waals surface area contributed by atoms with Crippen LogP contribution in [0.25, 0.3) is 0 Å². The van der Waals surface area contributed by atoms with Crippen LogP contribution in [-0.2, 0) is 13.0 Å². The average molecular weight is 364 g/mol. The Morgan fingerprint density at radius 3 is 2.63 bits per heavy atom. The van der Waals surface area contributed by atoms with E-state index >= 15 is 0 Å². The second kappa shape index (κ2) is 8.49. The first kappa shape index (κ1) is 18.6. The van der Waals surface area contributed by atoms with Gasteiger partial charge in [-0.1, -0.05) is 35.5 Å². The van der Waals surface area contributed by atoms with Crippen molar-refractivity contribution in [2.75, 3.05) is 5.32 Å². The molecular weight excluding hydrogens is 340 g/mol. The monoisotopic (exact) mass is 364 g/mol. The number of carbonyl (C=O) groups is 1. The zero-order valence-electron chi connectivity index (χ0n) is 15.8. The van der Waals surface area contributed by atoms with Crippen molar-refractivity contribution >= 4 is 11.6 Å². The molecule has 0 aliphatic heterocycles. The highest BCUT2D eigenvalue weighted by atomic mass is 16.5. The van der Waals surface area contributed by atoms with Gasteiger partial charge in [-0.05, 0) is 50.1 Å². The molecule has 0 radical (unpaired) electrons. The Bertz CT molecular complexity index is 904. The van der Waals surface area contributed by atoms with Gasteiger partial charge in [-0.25, -0.2) is 0 Å². The van der Waals surface area contributed by atoms with E-state index in [0.717, 1.165) is 16.8 Å². The third-order valence-corrected chi connectivity index (χ3v) is 4.05. The van der Waals surface area contributed by atoms with E-state index < -0.39 is 0 Å². The Kier molecular flexibility index (Phi) is 5.86. The molecule has 0 unspecified atom stereocenters. The quantitative estimate of drug-likeness (QED) is 0.668. The molecule has 2 aromatic carbocycles. The highest BCUT2D eigenvalue weighted by Gasteiger charge is 2.10. The maximum atomic E-state index is 12.1. The number of anilines is 1. The lowest BCUT2D eigenvalue weighted by atomic mass is 10.1. The van der Waals surface area contributed by atoms with Crippen molar-refractivity contribution in [3.63, 3.8) is 0 Å². The summed E-state index contributed by atoms with van der Waals surface area (Å²) in [5.74, 6) is 1.12. The lowest BCUT2D eigenvalue weighted by Gasteiger charge is -2.11. The van der Waals surface area contributed by atoms with E-state index in [1.165, 1.54) is 0 Å². The predicted molar refractivity (Wildman–Crippen MR) is 105 cm³/mol. The molecule has 6 heteroatoms. The summed E-state index contributed by atoms with van der Waals surface area (Å²) in [7, 11) is 0. The summed E-state index contributed by atoms with van der Waals surface area (Å²) in [4.78, 5) is 16.5. The molecule has 140 valence electrons. The third-order valence-electron chi connectivity index (χ3n) is 4.05. The fourth-order valence-electron chi connectivity index (χ4n) is 2.73. The van der Waals surface area contributed by atoms with Crippen molar-refractivity contribution in [1.29, 1.82) is 0 Å². The van der Waals surface area contributed by atoms with Crippen LogP contribution in [0.5, 0.6) is 0 Å². The van der Waals surface area contributed by atoms with Gasteiger partial charge in [0.2, 0.25) is 5.89 Å². The Hall–Kier alpha value is -3.15. The van der Waals surface area contributed by atoms with E-state index in [1.807, 2.05) is 69.3 Å². The number of nitrogens with one attached hydrogen (secondary N) is 2. The smallest absolute Gasteiger partial charge is 0.251 e. The number of benzene rings is 2. The summed E-state index contributed by atoms with van der Waals surface area (Å²) < 4.78 is 5.32. The first-order chi connectivity index (χ1) is 13.0. The van der Waals surface area contributed by atoms with Crippen LogP contribution in [0.2, 0.25) is 0 Å². The summed E-state index contributed by atoms with van der Waals surface area (Å²) in [5.41, 5.74) is 3.70. The molecule has 1 amide bonds. The van der Waals surface area contributed by atoms with Crippen molar-refractivity contribution in [1.82, 2.24) is 15.5 Å². The van der Waals surface area contributed by atoms with Crippen LogP contribution in [0.4, 0.5) is 5.69 Å². The van der Waals surface area contributed by atoms with Crippen molar-refractivity contribution in [3.8, 4) is 0 Å². The maximum Gasteiger partial charge on any atom is 0.251 e. The first-order valence-electron chi connectivity index (χ1n) is 9.02. The molecule has 1 aromatic heterocycles. The minimum absolute atomic E-state index is 0.0675.